The number of carbonyl (C=O) groups excluding carboxylic acids is 1. The van der Waals surface area contributed by atoms with E-state index in [1.165, 1.54) is 30.5 Å². The van der Waals surface area contributed by atoms with Crippen LogP contribution in [0.1, 0.15) is 19.4 Å². The summed E-state index contributed by atoms with van der Waals surface area (Å²) < 4.78 is 34.7. The number of ether oxygens (including phenoxy) is 1. The molecule has 0 saturated carbocycles. The number of carbonyl (C=O) groups is 1. The van der Waals surface area contributed by atoms with Gasteiger partial charge in [-0.1, -0.05) is 0 Å². The molecule has 1 N–H and O–H groups in total. The Morgan fingerprint density at radius 1 is 1.24 bits per heavy atom. The molecule has 1 saturated heterocycles. The fraction of sp³-hybridized carbons (Fsp3) is 0.474. The van der Waals surface area contributed by atoms with Crippen LogP contribution in [0, 0.1) is 0 Å². The number of piperazine rings is 1. The van der Waals surface area contributed by atoms with Crippen LogP contribution in [0.4, 0.5) is 5.69 Å². The molecule has 1 aliphatic heterocycles. The molecule has 0 bridgehead atoms. The lowest BCUT2D eigenvalue weighted by atomic mass is 10.3. The van der Waals surface area contributed by atoms with Gasteiger partial charge in [0.25, 0.3) is 0 Å². The van der Waals surface area contributed by atoms with E-state index in [-0.39, 0.29) is 10.8 Å². The second kappa shape index (κ2) is 8.93. The number of amides is 1. The molecule has 0 unspecified atom stereocenters. The molecule has 0 radical (unpaired) electrons. The average Bonchev–Trinajstić information content (AvgIpc) is 3.15. The van der Waals surface area contributed by atoms with Gasteiger partial charge in [0.15, 0.2) is 0 Å². The maximum absolute atomic E-state index is 13.1. The van der Waals surface area contributed by atoms with E-state index in [0.29, 0.717) is 37.6 Å². The third-order valence-electron chi connectivity index (χ3n) is 4.87. The first-order valence-electron chi connectivity index (χ1n) is 9.53. The molecule has 158 valence electrons. The summed E-state index contributed by atoms with van der Waals surface area (Å²) in [6.07, 6.45) is 3.87. The average molecular weight is 422 g/mol. The summed E-state index contributed by atoms with van der Waals surface area (Å²) >= 11 is 0. The number of sulfonamides is 1. The summed E-state index contributed by atoms with van der Waals surface area (Å²) in [4.78, 5) is 13.8. The molecule has 0 aliphatic carbocycles. The SMILES string of the molecule is CCn1cc(CN2CCN(S(=O)(=O)c3ccc(OC)c(NC(C)=O)c3)CC2)cn1. The Hall–Kier alpha value is -2.43. The molecule has 9 nitrogen and oxygen atoms in total. The van der Waals surface area contributed by atoms with E-state index in [4.69, 9.17) is 4.74 Å². The monoisotopic (exact) mass is 421 g/mol. The standard InChI is InChI=1S/C19H27N5O4S/c1-4-23-14-16(12-20-23)13-22-7-9-24(10-8-22)29(26,27)17-5-6-19(28-3)18(11-17)21-15(2)25/h5-6,11-12,14H,4,7-10,13H2,1-3H3,(H,21,25). The normalized spacial score (nSPS) is 16.0. The predicted octanol–water partition coefficient (Wildman–Crippen LogP) is 1.38. The van der Waals surface area contributed by atoms with Gasteiger partial charge in [0.1, 0.15) is 5.75 Å². The highest BCUT2D eigenvalue weighted by molar-refractivity contribution is 7.89. The molecule has 3 rings (SSSR count). The zero-order valence-electron chi connectivity index (χ0n) is 17.0. The number of aromatic nitrogens is 2. The highest BCUT2D eigenvalue weighted by Crippen LogP contribution is 2.29. The maximum atomic E-state index is 13.1. The van der Waals surface area contributed by atoms with Crippen LogP contribution in [0.2, 0.25) is 0 Å². The number of aryl methyl sites for hydroxylation is 1. The predicted molar refractivity (Wildman–Crippen MR) is 109 cm³/mol. The van der Waals surface area contributed by atoms with Gasteiger partial charge >= 0.3 is 0 Å². The fourth-order valence-electron chi connectivity index (χ4n) is 3.33. The van der Waals surface area contributed by atoms with Gasteiger partial charge < -0.3 is 10.1 Å². The Morgan fingerprint density at radius 3 is 2.55 bits per heavy atom. The Balaban J connectivity index is 1.68. The first-order valence-corrected chi connectivity index (χ1v) is 11.0. The Labute approximate surface area is 171 Å². The van der Waals surface area contributed by atoms with E-state index in [0.717, 1.165) is 18.7 Å². The van der Waals surface area contributed by atoms with Gasteiger partial charge in [-0.05, 0) is 25.1 Å². The van der Waals surface area contributed by atoms with Gasteiger partial charge in [-0.2, -0.15) is 9.40 Å². The third-order valence-corrected chi connectivity index (χ3v) is 6.76. The number of methoxy groups -OCH3 is 1. The molecular formula is C19H27N5O4S. The van der Waals surface area contributed by atoms with Gasteiger partial charge in [-0.25, -0.2) is 8.42 Å². The second-order valence-corrected chi connectivity index (χ2v) is 8.87. The molecule has 1 aromatic carbocycles. The van der Waals surface area contributed by atoms with Crippen molar-refractivity contribution in [2.24, 2.45) is 0 Å². The van der Waals surface area contributed by atoms with Gasteiger partial charge in [-0.15, -0.1) is 0 Å². The maximum Gasteiger partial charge on any atom is 0.243 e. The number of anilines is 1. The molecule has 0 atom stereocenters. The third kappa shape index (κ3) is 4.95. The van der Waals surface area contributed by atoms with Gasteiger partial charge in [0.2, 0.25) is 15.9 Å². The van der Waals surface area contributed by atoms with Crippen LogP contribution in [-0.2, 0) is 27.9 Å². The molecule has 10 heteroatoms. The van der Waals surface area contributed by atoms with E-state index < -0.39 is 10.0 Å². The van der Waals surface area contributed by atoms with Crippen LogP contribution in [0.3, 0.4) is 0 Å². The number of nitrogens with one attached hydrogen (secondary N) is 1. The van der Waals surface area contributed by atoms with Crippen LogP contribution >= 0.6 is 0 Å². The van der Waals surface area contributed by atoms with Crippen molar-refractivity contribution in [1.29, 1.82) is 0 Å². The van der Waals surface area contributed by atoms with Crippen molar-refractivity contribution in [1.82, 2.24) is 19.0 Å². The molecule has 0 spiro atoms. The van der Waals surface area contributed by atoms with Gasteiger partial charge in [0.05, 0.1) is 23.9 Å². The molecule has 29 heavy (non-hydrogen) atoms. The van der Waals surface area contributed by atoms with Crippen LogP contribution in [-0.4, -0.2) is 66.6 Å². The second-order valence-electron chi connectivity index (χ2n) is 6.93. The van der Waals surface area contributed by atoms with Crippen LogP contribution in [0.25, 0.3) is 0 Å². The van der Waals surface area contributed by atoms with Gasteiger partial charge in [-0.3, -0.25) is 14.4 Å². The quantitative estimate of drug-likeness (QED) is 0.725. The highest BCUT2D eigenvalue weighted by Gasteiger charge is 2.29. The molecule has 1 fully saturated rings. The van der Waals surface area contributed by atoms with Crippen molar-refractivity contribution >= 4 is 21.6 Å². The lowest BCUT2D eigenvalue weighted by Gasteiger charge is -2.33. The van der Waals surface area contributed by atoms with Crippen LogP contribution in [0.5, 0.6) is 5.75 Å². The molecular weight excluding hydrogens is 394 g/mol. The molecule has 2 aromatic rings. The summed E-state index contributed by atoms with van der Waals surface area (Å²) in [5, 5.41) is 6.90. The van der Waals surface area contributed by atoms with Gasteiger partial charge in [0, 0.05) is 58.0 Å². The summed E-state index contributed by atoms with van der Waals surface area (Å²) in [6, 6.07) is 4.51. The van der Waals surface area contributed by atoms with Crippen molar-refractivity contribution in [2.75, 3.05) is 38.6 Å². The molecule has 1 aliphatic rings. The zero-order valence-corrected chi connectivity index (χ0v) is 17.8. The lowest BCUT2D eigenvalue weighted by molar-refractivity contribution is -0.114. The van der Waals surface area contributed by atoms with Crippen molar-refractivity contribution in [2.45, 2.75) is 31.8 Å². The highest BCUT2D eigenvalue weighted by atomic mass is 32.2. The van der Waals surface area contributed by atoms with Crippen LogP contribution < -0.4 is 10.1 Å². The number of benzene rings is 1. The van der Waals surface area contributed by atoms with E-state index in [2.05, 4.69) is 15.3 Å². The largest absolute Gasteiger partial charge is 0.495 e. The van der Waals surface area contributed by atoms with E-state index in [1.54, 1.807) is 6.07 Å². The first kappa shape index (κ1) is 21.3. The Kier molecular flexibility index (Phi) is 6.56. The van der Waals surface area contributed by atoms with Crippen molar-refractivity contribution in [3.05, 3.63) is 36.2 Å². The number of rotatable bonds is 7. The summed E-state index contributed by atoms with van der Waals surface area (Å²) in [5.74, 6) is 0.120. The Morgan fingerprint density at radius 2 is 1.97 bits per heavy atom. The number of hydrogen-bond donors (Lipinski definition) is 1. The lowest BCUT2D eigenvalue weighted by Crippen LogP contribution is -2.48. The molecule has 2 heterocycles. The zero-order chi connectivity index (χ0) is 21.0. The minimum Gasteiger partial charge on any atom is -0.495 e. The first-order chi connectivity index (χ1) is 13.8. The van der Waals surface area contributed by atoms with E-state index in [1.807, 2.05) is 24.0 Å². The minimum absolute atomic E-state index is 0.139. The number of nitrogens with zero attached hydrogens (tertiary/aromatic N) is 4. The van der Waals surface area contributed by atoms with E-state index in [9.17, 15) is 13.2 Å². The molecule has 1 aromatic heterocycles. The topological polar surface area (TPSA) is 96.8 Å². The number of hydrogen-bond acceptors (Lipinski definition) is 6. The summed E-state index contributed by atoms with van der Waals surface area (Å²) in [6.45, 7) is 7.09. The van der Waals surface area contributed by atoms with Crippen molar-refractivity contribution in [3.63, 3.8) is 0 Å². The molecule has 1 amide bonds. The Bertz CT molecular complexity index is 965. The van der Waals surface area contributed by atoms with Crippen LogP contribution in [0.15, 0.2) is 35.5 Å². The summed E-state index contributed by atoms with van der Waals surface area (Å²) in [7, 11) is -2.19. The summed E-state index contributed by atoms with van der Waals surface area (Å²) in [5.41, 5.74) is 1.46. The van der Waals surface area contributed by atoms with E-state index >= 15 is 0 Å². The smallest absolute Gasteiger partial charge is 0.243 e. The van der Waals surface area contributed by atoms with Crippen molar-refractivity contribution < 1.29 is 17.9 Å². The fourth-order valence-corrected chi connectivity index (χ4v) is 4.78. The minimum atomic E-state index is -3.66. The van der Waals surface area contributed by atoms with Crippen molar-refractivity contribution in [3.8, 4) is 5.75 Å².